The molecule has 0 radical (unpaired) electrons. The predicted molar refractivity (Wildman–Crippen MR) is 193 cm³/mol. The molecule has 0 atom stereocenters. The monoisotopic (exact) mass is 576 g/mol. The number of allylic oxidation sites excluding steroid dienone is 2. The van der Waals surface area contributed by atoms with Crippen LogP contribution in [0.5, 0.6) is 0 Å². The Balaban J connectivity index is 1.73. The molecule has 6 aromatic rings. The van der Waals surface area contributed by atoms with Gasteiger partial charge in [-0.1, -0.05) is 173 Å². The summed E-state index contributed by atoms with van der Waals surface area (Å²) in [5.41, 5.74) is 5.68. The zero-order valence-electron chi connectivity index (χ0n) is 25.5. The zero-order chi connectivity index (χ0) is 29.4. The van der Waals surface area contributed by atoms with Gasteiger partial charge < -0.3 is 0 Å². The van der Waals surface area contributed by atoms with Crippen molar-refractivity contribution in [2.45, 2.75) is 52.4 Å². The fourth-order valence-electron chi connectivity index (χ4n) is 6.29. The Kier molecular flexibility index (Phi) is 9.47. The molecule has 0 saturated heterocycles. The molecular formula is C42H41P. The molecule has 0 N–H and O–H groups in total. The van der Waals surface area contributed by atoms with Crippen molar-refractivity contribution in [3.05, 3.63) is 145 Å². The molecule has 0 bridgehead atoms. The second-order valence-electron chi connectivity index (χ2n) is 11.4. The Labute approximate surface area is 258 Å². The molecule has 0 aliphatic heterocycles. The van der Waals surface area contributed by atoms with Gasteiger partial charge in [-0.3, -0.25) is 0 Å². The van der Waals surface area contributed by atoms with E-state index in [0.29, 0.717) is 0 Å². The van der Waals surface area contributed by atoms with Gasteiger partial charge in [0.05, 0.1) is 0 Å². The van der Waals surface area contributed by atoms with Crippen LogP contribution in [0.15, 0.2) is 140 Å². The third-order valence-corrected chi connectivity index (χ3v) is 10.9. The number of unbranched alkanes of at least 4 members (excludes halogenated alkanes) is 3. The van der Waals surface area contributed by atoms with Crippen molar-refractivity contribution in [3.8, 4) is 11.1 Å². The minimum Gasteiger partial charge on any atom is -0.0807 e. The lowest BCUT2D eigenvalue weighted by Gasteiger charge is -2.26. The molecular weight excluding hydrogens is 535 g/mol. The van der Waals surface area contributed by atoms with Gasteiger partial charge in [0.1, 0.15) is 0 Å². The Morgan fingerprint density at radius 2 is 1.07 bits per heavy atom. The number of fused-ring (bicyclic) bond motifs is 2. The van der Waals surface area contributed by atoms with E-state index >= 15 is 0 Å². The van der Waals surface area contributed by atoms with Crippen LogP contribution in [-0.2, 0) is 0 Å². The predicted octanol–water partition coefficient (Wildman–Crippen LogP) is 11.2. The number of rotatable bonds is 11. The van der Waals surface area contributed by atoms with Gasteiger partial charge in [-0.2, -0.15) is 0 Å². The van der Waals surface area contributed by atoms with Crippen molar-refractivity contribution in [2.75, 3.05) is 0 Å². The summed E-state index contributed by atoms with van der Waals surface area (Å²) in [7, 11) is -0.795. The highest BCUT2D eigenvalue weighted by Gasteiger charge is 2.25. The van der Waals surface area contributed by atoms with Gasteiger partial charge in [0.15, 0.2) is 0 Å². The average Bonchev–Trinajstić information content (AvgIpc) is 3.07. The molecule has 0 aliphatic rings. The molecule has 0 aliphatic carbocycles. The van der Waals surface area contributed by atoms with Crippen LogP contribution in [0.25, 0.3) is 38.2 Å². The van der Waals surface area contributed by atoms with Crippen LogP contribution < -0.4 is 15.9 Å². The molecule has 214 valence electrons. The third kappa shape index (κ3) is 6.22. The maximum Gasteiger partial charge on any atom is -0.000937 e. The van der Waals surface area contributed by atoms with Gasteiger partial charge in [0.2, 0.25) is 0 Å². The summed E-state index contributed by atoms with van der Waals surface area (Å²) in [6.45, 7) is 4.60. The lowest BCUT2D eigenvalue weighted by atomic mass is 9.85. The van der Waals surface area contributed by atoms with Crippen LogP contribution in [0.3, 0.4) is 0 Å². The minimum atomic E-state index is -0.795. The molecule has 0 aromatic heterocycles. The Bertz CT molecular complexity index is 1790. The Hall–Kier alpha value is -3.99. The van der Waals surface area contributed by atoms with E-state index in [2.05, 4.69) is 153 Å². The average molecular weight is 577 g/mol. The van der Waals surface area contributed by atoms with E-state index < -0.39 is 7.92 Å². The normalized spacial score (nSPS) is 11.9. The summed E-state index contributed by atoms with van der Waals surface area (Å²) in [6.07, 6.45) is 9.63. The zero-order valence-corrected chi connectivity index (χ0v) is 26.4. The van der Waals surface area contributed by atoms with Crippen LogP contribution in [0.1, 0.15) is 57.9 Å². The van der Waals surface area contributed by atoms with Crippen LogP contribution in [0.4, 0.5) is 0 Å². The first-order valence-electron chi connectivity index (χ1n) is 15.9. The summed E-state index contributed by atoms with van der Waals surface area (Å²) in [6, 6.07) is 49.8. The SMILES string of the molecule is CCCC/C=C(\CCCC)c1ccc2ccccc2c1-c1c(P(c2ccccc2)c2ccccc2)ccc2ccccc12. The topological polar surface area (TPSA) is 0 Å². The van der Waals surface area contributed by atoms with Crippen LogP contribution in [0, 0.1) is 0 Å². The summed E-state index contributed by atoms with van der Waals surface area (Å²) in [4.78, 5) is 0. The molecule has 0 saturated carbocycles. The largest absolute Gasteiger partial charge is 0.0807 e. The maximum absolute atomic E-state index is 2.55. The molecule has 0 spiro atoms. The van der Waals surface area contributed by atoms with E-state index in [-0.39, 0.29) is 0 Å². The van der Waals surface area contributed by atoms with Crippen molar-refractivity contribution in [1.29, 1.82) is 0 Å². The molecule has 1 heteroatoms. The van der Waals surface area contributed by atoms with Gasteiger partial charge >= 0.3 is 0 Å². The van der Waals surface area contributed by atoms with Gasteiger partial charge in [-0.25, -0.2) is 0 Å². The quantitative estimate of drug-likeness (QED) is 0.106. The van der Waals surface area contributed by atoms with E-state index in [1.165, 1.54) is 85.4 Å². The molecule has 0 amide bonds. The lowest BCUT2D eigenvalue weighted by molar-refractivity contribution is 0.800. The number of hydrogen-bond acceptors (Lipinski definition) is 0. The molecule has 43 heavy (non-hydrogen) atoms. The molecule has 0 fully saturated rings. The Morgan fingerprint density at radius 1 is 0.535 bits per heavy atom. The molecule has 6 rings (SSSR count). The molecule has 0 heterocycles. The number of benzene rings is 6. The number of hydrogen-bond donors (Lipinski definition) is 0. The fraction of sp³-hybridized carbons (Fsp3) is 0.190. The highest BCUT2D eigenvalue weighted by atomic mass is 31.1. The van der Waals surface area contributed by atoms with E-state index in [1.807, 2.05) is 0 Å². The molecule has 0 nitrogen and oxygen atoms in total. The van der Waals surface area contributed by atoms with Gasteiger partial charge in [0, 0.05) is 0 Å². The standard InChI is InChI=1S/C42H41P/c1-3-5-9-19-32(18-6-4-2)39-30-28-33-20-14-16-26-37(33)41(39)42-38-27-17-15-21-34(38)29-31-40(42)43(35-22-10-7-11-23-35)36-24-12-8-13-25-36/h7-8,10-17,19-31H,3-6,9,18H2,1-2H3/b32-19+. The minimum absolute atomic E-state index is 0.795. The first-order chi connectivity index (χ1) is 21.3. The van der Waals surface area contributed by atoms with E-state index in [1.54, 1.807) is 0 Å². The maximum atomic E-state index is 2.55. The summed E-state index contributed by atoms with van der Waals surface area (Å²) in [5.74, 6) is 0. The van der Waals surface area contributed by atoms with E-state index in [9.17, 15) is 0 Å². The van der Waals surface area contributed by atoms with Crippen LogP contribution in [0.2, 0.25) is 0 Å². The molecule has 6 aromatic carbocycles. The second kappa shape index (κ2) is 14.0. The van der Waals surface area contributed by atoms with Crippen molar-refractivity contribution in [1.82, 2.24) is 0 Å². The first kappa shape index (κ1) is 29.1. The van der Waals surface area contributed by atoms with Crippen molar-refractivity contribution < 1.29 is 0 Å². The fourth-order valence-corrected chi connectivity index (χ4v) is 8.77. The summed E-state index contributed by atoms with van der Waals surface area (Å²) >= 11 is 0. The van der Waals surface area contributed by atoms with Gasteiger partial charge in [-0.05, 0) is 86.9 Å². The Morgan fingerprint density at radius 3 is 1.67 bits per heavy atom. The molecule has 0 unspecified atom stereocenters. The third-order valence-electron chi connectivity index (χ3n) is 8.45. The smallest absolute Gasteiger partial charge is 0.000937 e. The highest BCUT2D eigenvalue weighted by molar-refractivity contribution is 7.80. The van der Waals surface area contributed by atoms with Gasteiger partial charge in [-0.15, -0.1) is 0 Å². The van der Waals surface area contributed by atoms with E-state index in [0.717, 1.165) is 12.8 Å². The van der Waals surface area contributed by atoms with Crippen molar-refractivity contribution >= 4 is 51.0 Å². The summed E-state index contributed by atoms with van der Waals surface area (Å²) in [5, 5.41) is 9.45. The second-order valence-corrected chi connectivity index (χ2v) is 13.6. The van der Waals surface area contributed by atoms with Crippen molar-refractivity contribution in [3.63, 3.8) is 0 Å². The van der Waals surface area contributed by atoms with Crippen LogP contribution >= 0.6 is 7.92 Å². The summed E-state index contributed by atoms with van der Waals surface area (Å²) < 4.78 is 0. The van der Waals surface area contributed by atoms with Crippen LogP contribution in [-0.4, -0.2) is 0 Å². The highest BCUT2D eigenvalue weighted by Crippen LogP contribution is 2.45. The van der Waals surface area contributed by atoms with Crippen molar-refractivity contribution in [2.24, 2.45) is 0 Å². The van der Waals surface area contributed by atoms with E-state index in [4.69, 9.17) is 0 Å². The van der Waals surface area contributed by atoms with Gasteiger partial charge in [0.25, 0.3) is 0 Å². The first-order valence-corrected chi connectivity index (χ1v) is 17.3. The lowest BCUT2D eigenvalue weighted by Crippen LogP contribution is -2.22.